The van der Waals surface area contributed by atoms with Crippen molar-refractivity contribution in [3.8, 4) is 0 Å². The third-order valence-electron chi connectivity index (χ3n) is 3.40. The minimum absolute atomic E-state index is 0.0405. The molecule has 0 aliphatic heterocycles. The number of urea groups is 1. The van der Waals surface area contributed by atoms with Crippen LogP contribution in [0.15, 0.2) is 0 Å². The molecule has 4 N–H and O–H groups in total. The summed E-state index contributed by atoms with van der Waals surface area (Å²) in [4.78, 5) is 32.9. The Morgan fingerprint density at radius 1 is 1.30 bits per heavy atom. The molecule has 8 heteroatoms. The highest BCUT2D eigenvalue weighted by molar-refractivity contribution is 5.86. The van der Waals surface area contributed by atoms with Gasteiger partial charge in [-0.25, -0.2) is 9.59 Å². The predicted molar refractivity (Wildman–Crippen MR) is 68.4 cm³/mol. The van der Waals surface area contributed by atoms with Gasteiger partial charge in [0.2, 0.25) is 0 Å². The molecular weight excluding hydrogens is 268 g/mol. The third-order valence-corrected chi connectivity index (χ3v) is 3.40. The van der Waals surface area contributed by atoms with Gasteiger partial charge in [-0.15, -0.1) is 0 Å². The summed E-state index contributed by atoms with van der Waals surface area (Å²) in [5.41, 5.74) is 0.0405. The summed E-state index contributed by atoms with van der Waals surface area (Å²) in [6.45, 7) is 1.04. The molecule has 1 fully saturated rings. The molecule has 0 bridgehead atoms. The molecule has 0 saturated heterocycles. The summed E-state index contributed by atoms with van der Waals surface area (Å²) in [6.07, 6.45) is 2.17. The van der Waals surface area contributed by atoms with E-state index in [1.165, 1.54) is 0 Å². The Morgan fingerprint density at radius 2 is 1.95 bits per heavy atom. The van der Waals surface area contributed by atoms with E-state index < -0.39 is 30.4 Å². The number of hydrogen-bond donors (Lipinski definition) is 4. The van der Waals surface area contributed by atoms with Gasteiger partial charge in [-0.3, -0.25) is 4.79 Å². The molecule has 0 radical (unpaired) electrons. The number of rotatable bonds is 9. The molecule has 1 saturated carbocycles. The number of carbonyl (C=O) groups is 3. The fourth-order valence-corrected chi connectivity index (χ4v) is 1.86. The van der Waals surface area contributed by atoms with Crippen LogP contribution in [0.3, 0.4) is 0 Å². The van der Waals surface area contributed by atoms with E-state index >= 15 is 0 Å². The summed E-state index contributed by atoms with van der Waals surface area (Å²) in [7, 11) is 1.61. The molecule has 8 nitrogen and oxygen atoms in total. The minimum Gasteiger partial charge on any atom is -0.481 e. The summed E-state index contributed by atoms with van der Waals surface area (Å²) < 4.78 is 4.99. The summed E-state index contributed by atoms with van der Waals surface area (Å²) in [5, 5.41) is 22.1. The van der Waals surface area contributed by atoms with Gasteiger partial charge in [0.1, 0.15) is 6.04 Å². The van der Waals surface area contributed by atoms with E-state index in [4.69, 9.17) is 14.9 Å². The van der Waals surface area contributed by atoms with Crippen LogP contribution >= 0.6 is 0 Å². The average molecular weight is 288 g/mol. The Kier molecular flexibility index (Phi) is 5.75. The summed E-state index contributed by atoms with van der Waals surface area (Å²) >= 11 is 0. The van der Waals surface area contributed by atoms with Gasteiger partial charge in [0.25, 0.3) is 0 Å². The van der Waals surface area contributed by atoms with Gasteiger partial charge in [-0.1, -0.05) is 0 Å². The molecule has 0 spiro atoms. The van der Waals surface area contributed by atoms with E-state index in [0.29, 0.717) is 13.2 Å². The smallest absolute Gasteiger partial charge is 0.326 e. The first-order valence-corrected chi connectivity index (χ1v) is 6.36. The van der Waals surface area contributed by atoms with Crippen molar-refractivity contribution in [1.29, 1.82) is 0 Å². The molecule has 20 heavy (non-hydrogen) atoms. The largest absolute Gasteiger partial charge is 0.481 e. The van der Waals surface area contributed by atoms with Crippen molar-refractivity contribution in [1.82, 2.24) is 10.6 Å². The molecule has 1 aliphatic rings. The SMILES string of the molecule is COCCC1(CNC(=O)N[C@@H](CC(=O)O)C(=O)O)CC1. The Labute approximate surface area is 116 Å². The number of ether oxygens (including phenoxy) is 1. The van der Waals surface area contributed by atoms with Crippen LogP contribution in [-0.2, 0) is 14.3 Å². The fraction of sp³-hybridized carbons (Fsp3) is 0.750. The maximum Gasteiger partial charge on any atom is 0.326 e. The number of carboxylic acid groups (broad SMARTS) is 2. The van der Waals surface area contributed by atoms with Crippen LogP contribution in [0.25, 0.3) is 0 Å². The Hall–Kier alpha value is -1.83. The van der Waals surface area contributed by atoms with Crippen molar-refractivity contribution < 1.29 is 29.3 Å². The van der Waals surface area contributed by atoms with Gasteiger partial charge in [-0.2, -0.15) is 0 Å². The van der Waals surface area contributed by atoms with Crippen LogP contribution in [-0.4, -0.2) is 54.5 Å². The molecule has 0 heterocycles. The molecule has 0 aromatic rings. The van der Waals surface area contributed by atoms with Gasteiger partial charge in [0, 0.05) is 20.3 Å². The molecule has 0 aromatic carbocycles. The van der Waals surface area contributed by atoms with Crippen molar-refractivity contribution in [3.05, 3.63) is 0 Å². The highest BCUT2D eigenvalue weighted by Gasteiger charge is 2.42. The molecule has 1 atom stereocenters. The maximum absolute atomic E-state index is 11.6. The van der Waals surface area contributed by atoms with Crippen LogP contribution < -0.4 is 10.6 Å². The first kappa shape index (κ1) is 16.2. The molecule has 0 unspecified atom stereocenters. The van der Waals surface area contributed by atoms with Crippen LogP contribution in [0, 0.1) is 5.41 Å². The van der Waals surface area contributed by atoms with E-state index in [-0.39, 0.29) is 5.41 Å². The molecular formula is C12H20N2O6. The number of methoxy groups -OCH3 is 1. The second kappa shape index (κ2) is 7.09. The number of aliphatic carboxylic acids is 2. The van der Waals surface area contributed by atoms with Crippen molar-refractivity contribution in [2.24, 2.45) is 5.41 Å². The second-order valence-corrected chi connectivity index (χ2v) is 5.06. The van der Waals surface area contributed by atoms with E-state index in [1.807, 2.05) is 0 Å². The van der Waals surface area contributed by atoms with Crippen LogP contribution in [0.2, 0.25) is 0 Å². The minimum atomic E-state index is -1.43. The van der Waals surface area contributed by atoms with Gasteiger partial charge in [0.05, 0.1) is 6.42 Å². The predicted octanol–water partition coefficient (Wildman–Crippen LogP) is 0.0302. The van der Waals surface area contributed by atoms with Crippen molar-refractivity contribution in [3.63, 3.8) is 0 Å². The lowest BCUT2D eigenvalue weighted by Crippen LogP contribution is -2.48. The normalized spacial score (nSPS) is 17.1. The van der Waals surface area contributed by atoms with E-state index in [9.17, 15) is 14.4 Å². The number of carboxylic acids is 2. The van der Waals surface area contributed by atoms with Crippen LogP contribution in [0.5, 0.6) is 0 Å². The van der Waals surface area contributed by atoms with E-state index in [0.717, 1.165) is 19.3 Å². The Balaban J connectivity index is 2.35. The van der Waals surface area contributed by atoms with Gasteiger partial charge in [0.15, 0.2) is 0 Å². The van der Waals surface area contributed by atoms with Gasteiger partial charge in [-0.05, 0) is 24.7 Å². The van der Waals surface area contributed by atoms with E-state index in [1.54, 1.807) is 7.11 Å². The lowest BCUT2D eigenvalue weighted by Gasteiger charge is -2.17. The monoisotopic (exact) mass is 288 g/mol. The van der Waals surface area contributed by atoms with Crippen LogP contribution in [0.1, 0.15) is 25.7 Å². The molecule has 2 amide bonds. The van der Waals surface area contributed by atoms with Gasteiger partial charge >= 0.3 is 18.0 Å². The zero-order valence-electron chi connectivity index (χ0n) is 11.3. The third kappa shape index (κ3) is 5.43. The Morgan fingerprint density at radius 3 is 2.40 bits per heavy atom. The fourth-order valence-electron chi connectivity index (χ4n) is 1.86. The van der Waals surface area contributed by atoms with E-state index in [2.05, 4.69) is 10.6 Å². The first-order valence-electron chi connectivity index (χ1n) is 6.36. The average Bonchev–Trinajstić information content (AvgIpc) is 3.13. The van der Waals surface area contributed by atoms with Crippen molar-refractivity contribution in [2.75, 3.05) is 20.3 Å². The standard InChI is InChI=1S/C12H20N2O6/c1-20-5-4-12(2-3-12)7-13-11(19)14-8(10(17)18)6-9(15)16/h8H,2-7H2,1H3,(H,15,16)(H,17,18)(H2,13,14,19)/t8-/m0/s1. The number of amides is 2. The van der Waals surface area contributed by atoms with Crippen molar-refractivity contribution in [2.45, 2.75) is 31.7 Å². The molecule has 1 aliphatic carbocycles. The summed E-state index contributed by atoms with van der Waals surface area (Å²) in [6, 6.07) is -2.09. The zero-order valence-corrected chi connectivity index (χ0v) is 11.3. The lowest BCUT2D eigenvalue weighted by molar-refractivity contribution is -0.145. The maximum atomic E-state index is 11.6. The summed E-state index contributed by atoms with van der Waals surface area (Å²) in [5.74, 6) is -2.65. The number of hydrogen-bond acceptors (Lipinski definition) is 4. The number of nitrogens with one attached hydrogen (secondary N) is 2. The lowest BCUT2D eigenvalue weighted by atomic mass is 10.0. The van der Waals surface area contributed by atoms with Crippen molar-refractivity contribution >= 4 is 18.0 Å². The van der Waals surface area contributed by atoms with Gasteiger partial charge < -0.3 is 25.6 Å². The second-order valence-electron chi connectivity index (χ2n) is 5.06. The first-order chi connectivity index (χ1) is 9.38. The highest BCUT2D eigenvalue weighted by atomic mass is 16.5. The highest BCUT2D eigenvalue weighted by Crippen LogP contribution is 2.48. The molecule has 1 rings (SSSR count). The van der Waals surface area contributed by atoms with Crippen LogP contribution in [0.4, 0.5) is 4.79 Å². The molecule has 0 aromatic heterocycles. The molecule has 114 valence electrons. The number of carbonyl (C=O) groups excluding carboxylic acids is 1. The quantitative estimate of drug-likeness (QED) is 0.474. The zero-order chi connectivity index (χ0) is 15.2. The Bertz CT molecular complexity index is 380. The topological polar surface area (TPSA) is 125 Å².